The number of ether oxygens (including phenoxy) is 1. The summed E-state index contributed by atoms with van der Waals surface area (Å²) in [5.74, 6) is -0.668. The zero-order chi connectivity index (χ0) is 21.4. The van der Waals surface area contributed by atoms with Crippen molar-refractivity contribution in [1.82, 2.24) is 9.88 Å². The fourth-order valence-corrected chi connectivity index (χ4v) is 5.53. The van der Waals surface area contributed by atoms with Crippen LogP contribution in [-0.2, 0) is 4.79 Å². The summed E-state index contributed by atoms with van der Waals surface area (Å²) in [5.41, 5.74) is 1.46. The number of benzene rings is 1. The molecule has 0 saturated heterocycles. The molecule has 1 unspecified atom stereocenters. The molecule has 1 aliphatic carbocycles. The van der Waals surface area contributed by atoms with Crippen LogP contribution in [0.25, 0.3) is 0 Å². The third-order valence-electron chi connectivity index (χ3n) is 6.00. The van der Waals surface area contributed by atoms with Crippen molar-refractivity contribution in [3.63, 3.8) is 0 Å². The quantitative estimate of drug-likeness (QED) is 0.702. The van der Waals surface area contributed by atoms with Gasteiger partial charge in [0.15, 0.2) is 5.76 Å². The van der Waals surface area contributed by atoms with Crippen LogP contribution < -0.4 is 4.74 Å². The molecule has 158 valence electrons. The molecule has 2 heterocycles. The van der Waals surface area contributed by atoms with Crippen molar-refractivity contribution in [2.45, 2.75) is 58.0 Å². The number of hydrogen-bond acceptors (Lipinski definition) is 6. The number of methoxy groups -OCH3 is 1. The van der Waals surface area contributed by atoms with Crippen molar-refractivity contribution in [2.24, 2.45) is 0 Å². The van der Waals surface area contributed by atoms with E-state index in [4.69, 9.17) is 4.74 Å². The highest BCUT2D eigenvalue weighted by molar-refractivity contribution is 7.14. The highest BCUT2D eigenvalue weighted by atomic mass is 32.1. The zero-order valence-corrected chi connectivity index (χ0v) is 18.3. The molecule has 0 radical (unpaired) electrons. The summed E-state index contributed by atoms with van der Waals surface area (Å²) in [6.45, 7) is 3.62. The van der Waals surface area contributed by atoms with E-state index in [2.05, 4.69) is 4.98 Å². The van der Waals surface area contributed by atoms with E-state index in [0.717, 1.165) is 37.1 Å². The number of hydrogen-bond donors (Lipinski definition) is 1. The molecule has 1 amide bonds. The Morgan fingerprint density at radius 2 is 1.90 bits per heavy atom. The predicted molar refractivity (Wildman–Crippen MR) is 115 cm³/mol. The van der Waals surface area contributed by atoms with E-state index in [-0.39, 0.29) is 17.4 Å². The number of para-hydroxylation sites is 1. The molecule has 1 fully saturated rings. The van der Waals surface area contributed by atoms with Gasteiger partial charge in [-0.15, -0.1) is 11.3 Å². The van der Waals surface area contributed by atoms with Gasteiger partial charge >= 0.3 is 0 Å². The van der Waals surface area contributed by atoms with E-state index in [9.17, 15) is 14.7 Å². The van der Waals surface area contributed by atoms with Gasteiger partial charge in [0.1, 0.15) is 5.75 Å². The van der Waals surface area contributed by atoms with Crippen LogP contribution in [-0.4, -0.2) is 39.8 Å². The number of nitrogens with zero attached hydrogens (tertiary/aromatic N) is 2. The van der Waals surface area contributed by atoms with E-state index in [1.807, 2.05) is 31.2 Å². The number of amides is 1. The molecule has 1 N–H and O–H groups in total. The van der Waals surface area contributed by atoms with Crippen molar-refractivity contribution < 1.29 is 19.4 Å². The number of aromatic nitrogens is 1. The average Bonchev–Trinajstić information content (AvgIpc) is 3.23. The van der Waals surface area contributed by atoms with E-state index in [1.54, 1.807) is 18.9 Å². The molecule has 7 heteroatoms. The first-order valence-electron chi connectivity index (χ1n) is 10.3. The minimum Gasteiger partial charge on any atom is -0.503 e. The zero-order valence-electron chi connectivity index (χ0n) is 17.5. The fourth-order valence-electron chi connectivity index (χ4n) is 4.65. The van der Waals surface area contributed by atoms with Crippen LogP contribution in [0.2, 0.25) is 0 Å². The van der Waals surface area contributed by atoms with Crippen LogP contribution in [0.5, 0.6) is 5.75 Å². The third kappa shape index (κ3) is 3.41. The molecule has 2 aliphatic rings. The summed E-state index contributed by atoms with van der Waals surface area (Å²) in [6.07, 6.45) is 4.94. The number of carbonyl (C=O) groups is 2. The summed E-state index contributed by atoms with van der Waals surface area (Å²) < 4.78 is 5.56. The molecule has 4 rings (SSSR count). The second-order valence-corrected chi connectivity index (χ2v) is 9.09. The smallest absolute Gasteiger partial charge is 0.290 e. The molecule has 2 aromatic rings. The Labute approximate surface area is 180 Å². The SMILES string of the molecule is COc1ccccc1C1C(C(=O)c2sc(C)nc2C)=C(O)C(=O)N1C1CCCCC1. The lowest BCUT2D eigenvalue weighted by Crippen LogP contribution is -2.41. The number of aliphatic hydroxyl groups is 1. The Morgan fingerprint density at radius 3 is 2.53 bits per heavy atom. The predicted octanol–water partition coefficient (Wildman–Crippen LogP) is 4.68. The first kappa shape index (κ1) is 20.6. The Hall–Kier alpha value is -2.67. The van der Waals surface area contributed by atoms with Crippen molar-refractivity contribution in [1.29, 1.82) is 0 Å². The van der Waals surface area contributed by atoms with Crippen molar-refractivity contribution in [2.75, 3.05) is 7.11 Å². The summed E-state index contributed by atoms with van der Waals surface area (Å²) in [6, 6.07) is 6.71. The van der Waals surface area contributed by atoms with Crippen LogP contribution in [0.1, 0.15) is 64.1 Å². The standard InChI is InChI=1S/C23H26N2O4S/c1-13-22(30-14(2)24-13)20(26)18-19(16-11-7-8-12-17(16)29-3)25(23(28)21(18)27)15-9-5-4-6-10-15/h7-8,11-12,15,19,27H,4-6,9-10H2,1-3H3. The lowest BCUT2D eigenvalue weighted by atomic mass is 9.90. The molecular weight excluding hydrogens is 400 g/mol. The molecule has 1 aliphatic heterocycles. The van der Waals surface area contributed by atoms with Gasteiger partial charge < -0.3 is 14.7 Å². The maximum absolute atomic E-state index is 13.6. The molecule has 30 heavy (non-hydrogen) atoms. The van der Waals surface area contributed by atoms with Gasteiger partial charge in [-0.25, -0.2) is 4.98 Å². The van der Waals surface area contributed by atoms with Gasteiger partial charge in [0, 0.05) is 11.6 Å². The van der Waals surface area contributed by atoms with Crippen molar-refractivity contribution in [3.05, 3.63) is 56.7 Å². The first-order chi connectivity index (χ1) is 14.4. The Kier molecular flexibility index (Phi) is 5.64. The molecule has 1 aromatic heterocycles. The van der Waals surface area contributed by atoms with Crippen molar-refractivity contribution in [3.8, 4) is 5.75 Å². The first-order valence-corrected chi connectivity index (χ1v) is 11.1. The van der Waals surface area contributed by atoms with Gasteiger partial charge in [-0.05, 0) is 32.8 Å². The maximum Gasteiger partial charge on any atom is 0.290 e. The van der Waals surface area contributed by atoms with Crippen LogP contribution >= 0.6 is 11.3 Å². The van der Waals surface area contributed by atoms with Gasteiger partial charge in [-0.1, -0.05) is 37.5 Å². The molecule has 6 nitrogen and oxygen atoms in total. The number of aliphatic hydroxyl groups excluding tert-OH is 1. The second-order valence-electron chi connectivity index (χ2n) is 7.89. The third-order valence-corrected chi connectivity index (χ3v) is 7.07. The molecule has 1 saturated carbocycles. The normalized spacial score (nSPS) is 20.2. The topological polar surface area (TPSA) is 79.7 Å². The minimum atomic E-state index is -0.675. The van der Waals surface area contributed by atoms with Crippen molar-refractivity contribution >= 4 is 23.0 Å². The Bertz CT molecular complexity index is 1020. The van der Waals surface area contributed by atoms with Gasteiger partial charge in [0.05, 0.1) is 34.3 Å². The lowest BCUT2D eigenvalue weighted by Gasteiger charge is -2.36. The average molecular weight is 427 g/mol. The second kappa shape index (κ2) is 8.22. The summed E-state index contributed by atoms with van der Waals surface area (Å²) in [5, 5.41) is 11.7. The molecule has 1 aromatic carbocycles. The van der Waals surface area contributed by atoms with Crippen LogP contribution in [0, 0.1) is 13.8 Å². The summed E-state index contributed by atoms with van der Waals surface area (Å²) in [4.78, 5) is 33.4. The Balaban J connectivity index is 1.86. The van der Waals surface area contributed by atoms with Crippen LogP contribution in [0.15, 0.2) is 35.6 Å². The minimum absolute atomic E-state index is 0.0158. The monoisotopic (exact) mass is 426 g/mol. The van der Waals surface area contributed by atoms with E-state index in [0.29, 0.717) is 21.9 Å². The van der Waals surface area contributed by atoms with E-state index < -0.39 is 17.7 Å². The molecule has 0 spiro atoms. The van der Waals surface area contributed by atoms with Gasteiger partial charge in [-0.2, -0.15) is 0 Å². The molecule has 1 atom stereocenters. The largest absolute Gasteiger partial charge is 0.503 e. The van der Waals surface area contributed by atoms with Gasteiger partial charge in [0.2, 0.25) is 5.78 Å². The number of aryl methyl sites for hydroxylation is 2. The summed E-state index contributed by atoms with van der Waals surface area (Å²) in [7, 11) is 1.57. The fraction of sp³-hybridized carbons (Fsp3) is 0.435. The number of ketones is 1. The maximum atomic E-state index is 13.6. The van der Waals surface area contributed by atoms with E-state index >= 15 is 0 Å². The highest BCUT2D eigenvalue weighted by Crippen LogP contribution is 2.45. The number of thiazole rings is 1. The lowest BCUT2D eigenvalue weighted by molar-refractivity contribution is -0.132. The summed E-state index contributed by atoms with van der Waals surface area (Å²) >= 11 is 1.29. The van der Waals surface area contributed by atoms with Crippen LogP contribution in [0.3, 0.4) is 0 Å². The van der Waals surface area contributed by atoms with Gasteiger partial charge in [-0.3, -0.25) is 9.59 Å². The van der Waals surface area contributed by atoms with E-state index in [1.165, 1.54) is 11.3 Å². The molecular formula is C23H26N2O4S. The number of Topliss-reactive ketones (excluding diaryl/α,β-unsaturated/α-hetero) is 1. The highest BCUT2D eigenvalue weighted by Gasteiger charge is 2.48. The van der Waals surface area contributed by atoms with Gasteiger partial charge in [0.25, 0.3) is 5.91 Å². The Morgan fingerprint density at radius 1 is 1.20 bits per heavy atom. The number of rotatable bonds is 5. The number of carbonyl (C=O) groups excluding carboxylic acids is 2. The van der Waals surface area contributed by atoms with Crippen LogP contribution in [0.4, 0.5) is 0 Å². The molecule has 0 bridgehead atoms.